The van der Waals surface area contributed by atoms with Gasteiger partial charge >= 0.3 is 6.03 Å². The standard InChI is InChI=1S/C16H28N2O2/c19-11-12-6-8-18(9-7-12)16(20)17-15-10-14(15)13-4-2-1-3-5-13/h12-15,19H,1-11H2,(H,17,20). The van der Waals surface area contributed by atoms with Crippen LogP contribution in [-0.4, -0.2) is 41.8 Å². The first-order valence-electron chi connectivity index (χ1n) is 8.44. The summed E-state index contributed by atoms with van der Waals surface area (Å²) in [6.07, 6.45) is 10.0. The number of urea groups is 1. The topological polar surface area (TPSA) is 52.6 Å². The molecule has 2 N–H and O–H groups in total. The fraction of sp³-hybridized carbons (Fsp3) is 0.938. The van der Waals surface area contributed by atoms with Gasteiger partial charge in [-0.15, -0.1) is 0 Å². The van der Waals surface area contributed by atoms with Crippen LogP contribution in [0.2, 0.25) is 0 Å². The van der Waals surface area contributed by atoms with Crippen molar-refractivity contribution in [3.05, 3.63) is 0 Å². The van der Waals surface area contributed by atoms with Gasteiger partial charge in [0.15, 0.2) is 0 Å². The van der Waals surface area contributed by atoms with Gasteiger partial charge in [0.25, 0.3) is 0 Å². The number of rotatable bonds is 3. The number of hydrogen-bond donors (Lipinski definition) is 2. The highest BCUT2D eigenvalue weighted by atomic mass is 16.3. The summed E-state index contributed by atoms with van der Waals surface area (Å²) in [7, 11) is 0. The van der Waals surface area contributed by atoms with E-state index in [9.17, 15) is 4.79 Å². The predicted octanol–water partition coefficient (Wildman–Crippen LogP) is 2.37. The summed E-state index contributed by atoms with van der Waals surface area (Å²) in [5.41, 5.74) is 0. The normalized spacial score (nSPS) is 32.1. The number of carbonyl (C=O) groups excluding carboxylic acids is 1. The van der Waals surface area contributed by atoms with Crippen molar-refractivity contribution in [1.82, 2.24) is 10.2 Å². The van der Waals surface area contributed by atoms with Gasteiger partial charge in [0.2, 0.25) is 0 Å². The first kappa shape index (κ1) is 14.2. The molecule has 2 unspecified atom stereocenters. The minimum Gasteiger partial charge on any atom is -0.396 e. The van der Waals surface area contributed by atoms with E-state index in [1.165, 1.54) is 38.5 Å². The third-order valence-electron chi connectivity index (χ3n) is 5.56. The summed E-state index contributed by atoms with van der Waals surface area (Å²) >= 11 is 0. The van der Waals surface area contributed by atoms with Crippen LogP contribution in [0.3, 0.4) is 0 Å². The molecule has 0 aromatic heterocycles. The third kappa shape index (κ3) is 3.27. The van der Waals surface area contributed by atoms with E-state index in [1.807, 2.05) is 4.90 Å². The Kier molecular flexibility index (Phi) is 4.49. The van der Waals surface area contributed by atoms with Crippen molar-refractivity contribution in [2.24, 2.45) is 17.8 Å². The first-order valence-corrected chi connectivity index (χ1v) is 8.44. The van der Waals surface area contributed by atoms with Crippen molar-refractivity contribution in [2.75, 3.05) is 19.7 Å². The zero-order valence-corrected chi connectivity index (χ0v) is 12.4. The van der Waals surface area contributed by atoms with Crippen LogP contribution < -0.4 is 5.32 Å². The van der Waals surface area contributed by atoms with Gasteiger partial charge in [0.05, 0.1) is 0 Å². The largest absolute Gasteiger partial charge is 0.396 e. The van der Waals surface area contributed by atoms with Crippen molar-refractivity contribution in [1.29, 1.82) is 0 Å². The Labute approximate surface area is 121 Å². The fourth-order valence-corrected chi connectivity index (χ4v) is 4.03. The summed E-state index contributed by atoms with van der Waals surface area (Å²) in [6.45, 7) is 1.87. The highest BCUT2D eigenvalue weighted by Gasteiger charge is 2.44. The van der Waals surface area contributed by atoms with Gasteiger partial charge in [-0.05, 0) is 37.0 Å². The maximum atomic E-state index is 12.2. The summed E-state index contributed by atoms with van der Waals surface area (Å²) in [5.74, 6) is 2.03. The summed E-state index contributed by atoms with van der Waals surface area (Å²) in [6, 6.07) is 0.575. The predicted molar refractivity (Wildman–Crippen MR) is 78.4 cm³/mol. The smallest absolute Gasteiger partial charge is 0.317 e. The van der Waals surface area contributed by atoms with Crippen LogP contribution in [0.25, 0.3) is 0 Å². The molecule has 2 atom stereocenters. The minimum absolute atomic E-state index is 0.129. The van der Waals surface area contributed by atoms with Gasteiger partial charge in [-0.3, -0.25) is 0 Å². The Hall–Kier alpha value is -0.770. The molecule has 0 spiro atoms. The molecule has 3 aliphatic rings. The zero-order valence-electron chi connectivity index (χ0n) is 12.4. The Balaban J connectivity index is 1.39. The molecule has 2 saturated carbocycles. The molecule has 2 amide bonds. The quantitative estimate of drug-likeness (QED) is 0.834. The van der Waals surface area contributed by atoms with Crippen molar-refractivity contribution in [3.8, 4) is 0 Å². The lowest BCUT2D eigenvalue weighted by atomic mass is 9.85. The van der Waals surface area contributed by atoms with Gasteiger partial charge < -0.3 is 15.3 Å². The number of likely N-dealkylation sites (tertiary alicyclic amines) is 1. The monoisotopic (exact) mass is 280 g/mol. The van der Waals surface area contributed by atoms with Gasteiger partial charge in [-0.25, -0.2) is 4.79 Å². The molecule has 1 aliphatic heterocycles. The van der Waals surface area contributed by atoms with E-state index in [-0.39, 0.29) is 12.6 Å². The lowest BCUT2D eigenvalue weighted by molar-refractivity contribution is 0.136. The summed E-state index contributed by atoms with van der Waals surface area (Å²) < 4.78 is 0. The van der Waals surface area contributed by atoms with Crippen LogP contribution in [0, 0.1) is 17.8 Å². The number of aliphatic hydroxyl groups excluding tert-OH is 1. The van der Waals surface area contributed by atoms with Gasteiger partial charge in [0.1, 0.15) is 0 Å². The van der Waals surface area contributed by atoms with Crippen LogP contribution in [0.1, 0.15) is 51.4 Å². The average molecular weight is 280 g/mol. The van der Waals surface area contributed by atoms with Crippen LogP contribution in [0.5, 0.6) is 0 Å². The Morgan fingerprint density at radius 1 is 1.10 bits per heavy atom. The van der Waals surface area contributed by atoms with E-state index >= 15 is 0 Å². The van der Waals surface area contributed by atoms with Crippen molar-refractivity contribution in [3.63, 3.8) is 0 Å². The molecule has 4 heteroatoms. The number of amides is 2. The van der Waals surface area contributed by atoms with Gasteiger partial charge in [-0.1, -0.05) is 32.1 Å². The van der Waals surface area contributed by atoms with E-state index in [0.29, 0.717) is 12.0 Å². The maximum Gasteiger partial charge on any atom is 0.317 e. The van der Waals surface area contributed by atoms with E-state index in [2.05, 4.69) is 5.32 Å². The summed E-state index contributed by atoms with van der Waals surface area (Å²) in [4.78, 5) is 14.2. The van der Waals surface area contributed by atoms with Gasteiger partial charge in [-0.2, -0.15) is 0 Å². The number of piperidine rings is 1. The molecule has 4 nitrogen and oxygen atoms in total. The Morgan fingerprint density at radius 2 is 1.80 bits per heavy atom. The second-order valence-corrected chi connectivity index (χ2v) is 6.97. The molecular weight excluding hydrogens is 252 g/mol. The molecule has 1 heterocycles. The number of hydrogen-bond acceptors (Lipinski definition) is 2. The second kappa shape index (κ2) is 6.33. The Bertz CT molecular complexity index is 333. The lowest BCUT2D eigenvalue weighted by Gasteiger charge is -2.31. The fourth-order valence-electron chi connectivity index (χ4n) is 4.03. The van der Waals surface area contributed by atoms with E-state index in [4.69, 9.17) is 5.11 Å². The Morgan fingerprint density at radius 3 is 2.45 bits per heavy atom. The zero-order chi connectivity index (χ0) is 13.9. The molecule has 0 radical (unpaired) electrons. The number of carbonyl (C=O) groups is 1. The van der Waals surface area contributed by atoms with Crippen LogP contribution >= 0.6 is 0 Å². The highest BCUT2D eigenvalue weighted by Crippen LogP contribution is 2.44. The minimum atomic E-state index is 0.129. The highest BCUT2D eigenvalue weighted by molar-refractivity contribution is 5.75. The van der Waals surface area contributed by atoms with E-state index in [0.717, 1.165) is 37.8 Å². The first-order chi connectivity index (χ1) is 9.78. The molecular formula is C16H28N2O2. The molecule has 3 rings (SSSR count). The average Bonchev–Trinajstić information content (AvgIpc) is 3.27. The van der Waals surface area contributed by atoms with Crippen molar-refractivity contribution in [2.45, 2.75) is 57.4 Å². The molecule has 0 aromatic rings. The molecule has 3 fully saturated rings. The number of aliphatic hydroxyl groups is 1. The number of nitrogens with one attached hydrogen (secondary N) is 1. The van der Waals surface area contributed by atoms with Crippen LogP contribution in [0.4, 0.5) is 4.79 Å². The SMILES string of the molecule is O=C(NC1CC1C1CCCCC1)N1CCC(CO)CC1. The molecule has 114 valence electrons. The van der Waals surface area contributed by atoms with E-state index < -0.39 is 0 Å². The van der Waals surface area contributed by atoms with Crippen LogP contribution in [0.15, 0.2) is 0 Å². The van der Waals surface area contributed by atoms with Crippen LogP contribution in [-0.2, 0) is 0 Å². The third-order valence-corrected chi connectivity index (χ3v) is 5.56. The number of nitrogens with zero attached hydrogens (tertiary/aromatic N) is 1. The van der Waals surface area contributed by atoms with Crippen molar-refractivity contribution >= 4 is 6.03 Å². The second-order valence-electron chi connectivity index (χ2n) is 6.97. The summed E-state index contributed by atoms with van der Waals surface area (Å²) in [5, 5.41) is 12.4. The van der Waals surface area contributed by atoms with Crippen molar-refractivity contribution < 1.29 is 9.90 Å². The van der Waals surface area contributed by atoms with E-state index in [1.54, 1.807) is 0 Å². The molecule has 20 heavy (non-hydrogen) atoms. The molecule has 2 aliphatic carbocycles. The molecule has 0 aromatic carbocycles. The maximum absolute atomic E-state index is 12.2. The molecule has 0 bridgehead atoms. The molecule has 1 saturated heterocycles. The van der Waals surface area contributed by atoms with Gasteiger partial charge in [0, 0.05) is 25.7 Å². The lowest BCUT2D eigenvalue weighted by Crippen LogP contribution is -2.46.